The van der Waals surface area contributed by atoms with Crippen molar-refractivity contribution in [3.8, 4) is 0 Å². The van der Waals surface area contributed by atoms with E-state index in [2.05, 4.69) is 5.32 Å². The molecule has 0 bridgehead atoms. The fraction of sp³-hybridized carbons (Fsp3) is 0.800. The van der Waals surface area contributed by atoms with Crippen LogP contribution in [0.3, 0.4) is 0 Å². The Morgan fingerprint density at radius 2 is 1.88 bits per heavy atom. The van der Waals surface area contributed by atoms with E-state index in [9.17, 15) is 9.59 Å². The first-order chi connectivity index (χ1) is 7.56. The summed E-state index contributed by atoms with van der Waals surface area (Å²) >= 11 is 0. The fourth-order valence-electron chi connectivity index (χ4n) is 1.73. The number of carboxylic acid groups (broad SMARTS) is 1. The second-order valence-electron chi connectivity index (χ2n) is 3.87. The predicted molar refractivity (Wildman–Crippen MR) is 59.3 cm³/mol. The molecule has 0 aliphatic carbocycles. The molecule has 2 N–H and O–H groups in total. The molecule has 1 atom stereocenters. The number of piperazine rings is 1. The van der Waals surface area contributed by atoms with Crippen molar-refractivity contribution in [3.63, 3.8) is 0 Å². The van der Waals surface area contributed by atoms with Crippen LogP contribution in [0.1, 0.15) is 13.8 Å². The van der Waals surface area contributed by atoms with E-state index in [4.69, 9.17) is 5.11 Å². The van der Waals surface area contributed by atoms with Crippen LogP contribution in [0.15, 0.2) is 0 Å². The van der Waals surface area contributed by atoms with Gasteiger partial charge in [-0.15, -0.1) is 0 Å². The topological polar surface area (TPSA) is 72.9 Å². The minimum Gasteiger partial charge on any atom is -0.480 e. The molecule has 0 saturated carbocycles. The summed E-state index contributed by atoms with van der Waals surface area (Å²) < 4.78 is 0. The van der Waals surface area contributed by atoms with Gasteiger partial charge in [0.1, 0.15) is 6.04 Å². The smallest absolute Gasteiger partial charge is 0.320 e. The van der Waals surface area contributed by atoms with Gasteiger partial charge in [0.25, 0.3) is 0 Å². The number of nitrogens with one attached hydrogen (secondary N) is 1. The van der Waals surface area contributed by atoms with Gasteiger partial charge >= 0.3 is 12.0 Å². The molecule has 0 spiro atoms. The first-order valence-electron chi connectivity index (χ1n) is 5.56. The zero-order valence-corrected chi connectivity index (χ0v) is 9.77. The van der Waals surface area contributed by atoms with Gasteiger partial charge in [-0.3, -0.25) is 9.69 Å². The summed E-state index contributed by atoms with van der Waals surface area (Å²) in [6.07, 6.45) is 0. The van der Waals surface area contributed by atoms with Gasteiger partial charge < -0.3 is 15.3 Å². The van der Waals surface area contributed by atoms with Crippen LogP contribution in [0.2, 0.25) is 0 Å². The SMILES string of the molecule is CCNC(=O)N1CCN(C(C)C(=O)O)CC1. The molecule has 1 fully saturated rings. The average Bonchev–Trinajstić information content (AvgIpc) is 2.28. The first kappa shape index (κ1) is 12.8. The van der Waals surface area contributed by atoms with Crippen LogP contribution in [-0.4, -0.2) is 65.7 Å². The number of urea groups is 1. The minimum atomic E-state index is -0.813. The number of carboxylic acids is 1. The third-order valence-corrected chi connectivity index (χ3v) is 2.83. The zero-order chi connectivity index (χ0) is 12.1. The normalized spacial score (nSPS) is 19.2. The maximum atomic E-state index is 11.5. The molecule has 2 amide bonds. The lowest BCUT2D eigenvalue weighted by Crippen LogP contribution is -2.55. The first-order valence-corrected chi connectivity index (χ1v) is 5.56. The Hall–Kier alpha value is -1.30. The summed E-state index contributed by atoms with van der Waals surface area (Å²) in [5.41, 5.74) is 0. The van der Waals surface area contributed by atoms with Crippen molar-refractivity contribution < 1.29 is 14.7 Å². The predicted octanol–water partition coefficient (Wildman–Crippen LogP) is -0.193. The third-order valence-electron chi connectivity index (χ3n) is 2.83. The summed E-state index contributed by atoms with van der Waals surface area (Å²) in [4.78, 5) is 25.9. The van der Waals surface area contributed by atoms with Gasteiger partial charge in [0.05, 0.1) is 0 Å². The number of aliphatic carboxylic acids is 1. The highest BCUT2D eigenvalue weighted by Crippen LogP contribution is 2.06. The number of hydrogen-bond acceptors (Lipinski definition) is 3. The van der Waals surface area contributed by atoms with E-state index in [0.29, 0.717) is 32.7 Å². The largest absolute Gasteiger partial charge is 0.480 e. The molecule has 0 radical (unpaired) electrons. The number of rotatable bonds is 3. The molecule has 6 heteroatoms. The van der Waals surface area contributed by atoms with Crippen LogP contribution < -0.4 is 5.32 Å². The molecule has 1 aliphatic heterocycles. The van der Waals surface area contributed by atoms with Gasteiger partial charge in [-0.1, -0.05) is 0 Å². The standard InChI is InChI=1S/C10H19N3O3/c1-3-11-10(16)13-6-4-12(5-7-13)8(2)9(14)15/h8H,3-7H2,1-2H3,(H,11,16)(H,14,15). The molecule has 0 aromatic carbocycles. The Morgan fingerprint density at radius 3 is 2.31 bits per heavy atom. The summed E-state index contributed by atoms with van der Waals surface area (Å²) in [6, 6.07) is -0.540. The molecule has 1 unspecified atom stereocenters. The molecule has 1 saturated heterocycles. The molecular formula is C10H19N3O3. The molecule has 1 heterocycles. The minimum absolute atomic E-state index is 0.0647. The Kier molecular flexibility index (Phi) is 4.54. The summed E-state index contributed by atoms with van der Waals surface area (Å²) in [5.74, 6) is -0.813. The molecule has 0 aromatic heterocycles. The van der Waals surface area contributed by atoms with E-state index in [-0.39, 0.29) is 6.03 Å². The van der Waals surface area contributed by atoms with Crippen molar-refractivity contribution in [3.05, 3.63) is 0 Å². The monoisotopic (exact) mass is 229 g/mol. The molecule has 1 aliphatic rings. The van der Waals surface area contributed by atoms with Gasteiger partial charge in [-0.05, 0) is 13.8 Å². The van der Waals surface area contributed by atoms with E-state index < -0.39 is 12.0 Å². The van der Waals surface area contributed by atoms with Crippen LogP contribution in [-0.2, 0) is 4.79 Å². The quantitative estimate of drug-likeness (QED) is 0.703. The maximum Gasteiger partial charge on any atom is 0.320 e. The Morgan fingerprint density at radius 1 is 1.31 bits per heavy atom. The van der Waals surface area contributed by atoms with Crippen molar-refractivity contribution in [2.75, 3.05) is 32.7 Å². The molecule has 92 valence electrons. The summed E-state index contributed by atoms with van der Waals surface area (Å²) in [5, 5.41) is 11.6. The lowest BCUT2D eigenvalue weighted by Gasteiger charge is -2.36. The highest BCUT2D eigenvalue weighted by atomic mass is 16.4. The average molecular weight is 229 g/mol. The van der Waals surface area contributed by atoms with Crippen LogP contribution >= 0.6 is 0 Å². The summed E-state index contributed by atoms with van der Waals surface area (Å²) in [6.45, 7) is 6.57. The van der Waals surface area contributed by atoms with Crippen LogP contribution in [0, 0.1) is 0 Å². The van der Waals surface area contributed by atoms with Crippen LogP contribution in [0.4, 0.5) is 4.79 Å². The number of hydrogen-bond donors (Lipinski definition) is 2. The second kappa shape index (κ2) is 5.69. The molecule has 6 nitrogen and oxygen atoms in total. The van der Waals surface area contributed by atoms with Crippen molar-refractivity contribution in [2.24, 2.45) is 0 Å². The Bertz CT molecular complexity index is 262. The maximum absolute atomic E-state index is 11.5. The van der Waals surface area contributed by atoms with Gasteiger partial charge in [0.2, 0.25) is 0 Å². The van der Waals surface area contributed by atoms with Crippen molar-refractivity contribution in [2.45, 2.75) is 19.9 Å². The van der Waals surface area contributed by atoms with Crippen LogP contribution in [0.25, 0.3) is 0 Å². The van der Waals surface area contributed by atoms with Crippen molar-refractivity contribution >= 4 is 12.0 Å². The van der Waals surface area contributed by atoms with Gasteiger partial charge in [0, 0.05) is 32.7 Å². The summed E-state index contributed by atoms with van der Waals surface area (Å²) in [7, 11) is 0. The number of carbonyl (C=O) groups excluding carboxylic acids is 1. The molecule has 0 aromatic rings. The Balaban J connectivity index is 2.39. The van der Waals surface area contributed by atoms with E-state index in [1.807, 2.05) is 11.8 Å². The van der Waals surface area contributed by atoms with E-state index in [0.717, 1.165) is 0 Å². The van der Waals surface area contributed by atoms with E-state index in [1.165, 1.54) is 0 Å². The highest BCUT2D eigenvalue weighted by Gasteiger charge is 2.26. The molecule has 1 rings (SSSR count). The van der Waals surface area contributed by atoms with Crippen LogP contribution in [0.5, 0.6) is 0 Å². The molecule has 16 heavy (non-hydrogen) atoms. The lowest BCUT2D eigenvalue weighted by atomic mass is 10.2. The Labute approximate surface area is 95.2 Å². The number of amides is 2. The van der Waals surface area contributed by atoms with Gasteiger partial charge in [-0.2, -0.15) is 0 Å². The zero-order valence-electron chi connectivity index (χ0n) is 9.77. The molecular weight excluding hydrogens is 210 g/mol. The van der Waals surface area contributed by atoms with Gasteiger partial charge in [0.15, 0.2) is 0 Å². The van der Waals surface area contributed by atoms with E-state index >= 15 is 0 Å². The van der Waals surface area contributed by atoms with Crippen molar-refractivity contribution in [1.29, 1.82) is 0 Å². The highest BCUT2D eigenvalue weighted by molar-refractivity contribution is 5.74. The fourth-order valence-corrected chi connectivity index (χ4v) is 1.73. The second-order valence-corrected chi connectivity index (χ2v) is 3.87. The third kappa shape index (κ3) is 3.10. The van der Waals surface area contributed by atoms with Crippen molar-refractivity contribution in [1.82, 2.24) is 15.1 Å². The van der Waals surface area contributed by atoms with Gasteiger partial charge in [-0.25, -0.2) is 4.79 Å². The van der Waals surface area contributed by atoms with E-state index in [1.54, 1.807) is 11.8 Å². The number of carbonyl (C=O) groups is 2. The number of nitrogens with zero attached hydrogens (tertiary/aromatic N) is 2. The lowest BCUT2D eigenvalue weighted by molar-refractivity contribution is -0.143.